The Labute approximate surface area is 178 Å². The zero-order valence-electron chi connectivity index (χ0n) is 17.3. The van der Waals surface area contributed by atoms with E-state index in [0.717, 1.165) is 38.5 Å². The van der Waals surface area contributed by atoms with Crippen molar-refractivity contribution in [2.75, 3.05) is 32.0 Å². The van der Waals surface area contributed by atoms with Crippen LogP contribution >= 0.6 is 0 Å². The van der Waals surface area contributed by atoms with Crippen molar-refractivity contribution >= 4 is 5.82 Å². The standard InChI is InChI=1S/C21H26F3N5O2/c1-2-18-27-16(12-7-17(20(25)26-10-12)31-21(22,23)24)11-29(18)19-14-8-13(9-15(14)19)28-3-5-30-6-4-28/h7,10-11,13-15,19H,2-6,8-9H2,1H3,(H2,25,26)/t13?,14-,15+,19?. The van der Waals surface area contributed by atoms with E-state index in [2.05, 4.69) is 24.2 Å². The number of pyridine rings is 1. The van der Waals surface area contributed by atoms with Gasteiger partial charge in [0.15, 0.2) is 11.6 Å². The maximum atomic E-state index is 12.7. The van der Waals surface area contributed by atoms with Gasteiger partial charge in [0.2, 0.25) is 0 Å². The molecule has 10 heteroatoms. The van der Waals surface area contributed by atoms with E-state index in [1.54, 1.807) is 0 Å². The van der Waals surface area contributed by atoms with E-state index in [9.17, 15) is 13.2 Å². The minimum atomic E-state index is -4.83. The van der Waals surface area contributed by atoms with Gasteiger partial charge in [0.1, 0.15) is 5.82 Å². The summed E-state index contributed by atoms with van der Waals surface area (Å²) in [5.74, 6) is 1.39. The molecular formula is C21H26F3N5O2. The van der Waals surface area contributed by atoms with Gasteiger partial charge in [-0.25, -0.2) is 9.97 Å². The third kappa shape index (κ3) is 3.98. The molecule has 2 saturated carbocycles. The van der Waals surface area contributed by atoms with Gasteiger partial charge in [-0.05, 0) is 30.7 Å². The first-order valence-corrected chi connectivity index (χ1v) is 10.7. The van der Waals surface area contributed by atoms with Gasteiger partial charge in [0.05, 0.1) is 18.9 Å². The van der Waals surface area contributed by atoms with Crippen molar-refractivity contribution in [3.05, 3.63) is 24.3 Å². The lowest BCUT2D eigenvalue weighted by molar-refractivity contribution is -0.274. The quantitative estimate of drug-likeness (QED) is 0.774. The lowest BCUT2D eigenvalue weighted by Gasteiger charge is -2.33. The normalized spacial score (nSPS) is 28.5. The number of fused-ring (bicyclic) bond motifs is 1. The highest BCUT2D eigenvalue weighted by molar-refractivity contribution is 5.63. The highest BCUT2D eigenvalue weighted by atomic mass is 19.4. The fourth-order valence-electron chi connectivity index (χ4n) is 5.32. The summed E-state index contributed by atoms with van der Waals surface area (Å²) < 4.78 is 49.7. The number of nitrogens with zero attached hydrogens (tertiary/aromatic N) is 4. The molecule has 2 aromatic heterocycles. The van der Waals surface area contributed by atoms with Gasteiger partial charge < -0.3 is 19.8 Å². The van der Waals surface area contributed by atoms with Crippen molar-refractivity contribution in [2.24, 2.45) is 11.8 Å². The third-order valence-corrected chi connectivity index (χ3v) is 6.79. The predicted molar refractivity (Wildman–Crippen MR) is 107 cm³/mol. The first-order chi connectivity index (χ1) is 14.8. The summed E-state index contributed by atoms with van der Waals surface area (Å²) in [7, 11) is 0. The Kier molecular flexibility index (Phi) is 5.09. The molecule has 5 rings (SSSR count). The van der Waals surface area contributed by atoms with Gasteiger partial charge in [-0.2, -0.15) is 0 Å². The first kappa shape index (κ1) is 20.6. The Balaban J connectivity index is 1.33. The molecule has 0 radical (unpaired) electrons. The molecule has 3 heterocycles. The van der Waals surface area contributed by atoms with Crippen LogP contribution in [0.15, 0.2) is 18.5 Å². The molecule has 31 heavy (non-hydrogen) atoms. The second-order valence-corrected chi connectivity index (χ2v) is 8.55. The maximum absolute atomic E-state index is 12.7. The number of imidazole rings is 1. The molecule has 2 N–H and O–H groups in total. The number of nitrogen functional groups attached to an aromatic ring is 1. The SMILES string of the molecule is CCc1nc(-c2cnc(N)c(OC(F)(F)F)c2)cn1C1[C@H]2CC(N3CCOCC3)C[C@@H]12. The minimum Gasteiger partial charge on any atom is -0.402 e. The molecule has 4 atom stereocenters. The van der Waals surface area contributed by atoms with E-state index in [0.29, 0.717) is 35.2 Å². The van der Waals surface area contributed by atoms with Gasteiger partial charge in [-0.1, -0.05) is 6.92 Å². The summed E-state index contributed by atoms with van der Waals surface area (Å²) in [5.41, 5.74) is 6.60. The lowest BCUT2D eigenvalue weighted by atomic mass is 10.1. The van der Waals surface area contributed by atoms with Gasteiger partial charge in [-0.15, -0.1) is 13.2 Å². The fraction of sp³-hybridized carbons (Fsp3) is 0.619. The van der Waals surface area contributed by atoms with Gasteiger partial charge >= 0.3 is 6.36 Å². The number of hydrogen-bond acceptors (Lipinski definition) is 6. The summed E-state index contributed by atoms with van der Waals surface area (Å²) in [4.78, 5) is 11.1. The van der Waals surface area contributed by atoms with Crippen molar-refractivity contribution in [2.45, 2.75) is 44.6 Å². The van der Waals surface area contributed by atoms with E-state index >= 15 is 0 Å². The summed E-state index contributed by atoms with van der Waals surface area (Å²) in [5, 5.41) is 0. The van der Waals surface area contributed by atoms with Crippen LogP contribution in [0.5, 0.6) is 5.75 Å². The summed E-state index contributed by atoms with van der Waals surface area (Å²) in [6.07, 6.45) is 1.66. The number of aryl methyl sites for hydroxylation is 1. The molecule has 0 amide bonds. The molecule has 2 aliphatic carbocycles. The lowest BCUT2D eigenvalue weighted by Crippen LogP contribution is -2.43. The van der Waals surface area contributed by atoms with Crippen molar-refractivity contribution in [3.63, 3.8) is 0 Å². The molecule has 2 aromatic rings. The Hall–Kier alpha value is -2.33. The molecule has 1 aliphatic heterocycles. The fourth-order valence-corrected chi connectivity index (χ4v) is 5.32. The highest BCUT2D eigenvalue weighted by Gasteiger charge is 2.58. The van der Waals surface area contributed by atoms with Crippen LogP contribution in [-0.4, -0.2) is 58.1 Å². The number of alkyl halides is 3. The molecule has 7 nitrogen and oxygen atoms in total. The third-order valence-electron chi connectivity index (χ3n) is 6.79. The number of ether oxygens (including phenoxy) is 2. The topological polar surface area (TPSA) is 78.4 Å². The van der Waals surface area contributed by atoms with Crippen LogP contribution in [0.1, 0.15) is 31.6 Å². The number of halogens is 3. The smallest absolute Gasteiger partial charge is 0.402 e. The summed E-state index contributed by atoms with van der Waals surface area (Å²) in [6, 6.07) is 2.30. The van der Waals surface area contributed by atoms with Crippen LogP contribution in [0, 0.1) is 11.8 Å². The van der Waals surface area contributed by atoms with E-state index in [4.69, 9.17) is 10.5 Å². The number of aromatic nitrogens is 3. The Morgan fingerprint density at radius 1 is 1.23 bits per heavy atom. The second-order valence-electron chi connectivity index (χ2n) is 8.55. The van der Waals surface area contributed by atoms with Crippen molar-refractivity contribution in [1.82, 2.24) is 19.4 Å². The Morgan fingerprint density at radius 2 is 1.94 bits per heavy atom. The van der Waals surface area contributed by atoms with Crippen LogP contribution < -0.4 is 10.5 Å². The van der Waals surface area contributed by atoms with Crippen molar-refractivity contribution < 1.29 is 22.6 Å². The number of anilines is 1. The molecule has 0 aromatic carbocycles. The average Bonchev–Trinajstić information content (AvgIpc) is 3.08. The van der Waals surface area contributed by atoms with Crippen molar-refractivity contribution in [1.29, 1.82) is 0 Å². The maximum Gasteiger partial charge on any atom is 0.573 e. The van der Waals surface area contributed by atoms with Crippen LogP contribution in [0.3, 0.4) is 0 Å². The van der Waals surface area contributed by atoms with E-state index in [1.165, 1.54) is 25.1 Å². The molecule has 1 saturated heterocycles. The summed E-state index contributed by atoms with van der Waals surface area (Å²) >= 11 is 0. The van der Waals surface area contributed by atoms with Gasteiger partial charge in [0, 0.05) is 49.6 Å². The van der Waals surface area contributed by atoms with E-state index in [1.807, 2.05) is 13.1 Å². The minimum absolute atomic E-state index is 0.304. The molecule has 3 fully saturated rings. The average molecular weight is 437 g/mol. The molecule has 0 spiro atoms. The van der Waals surface area contributed by atoms with E-state index < -0.39 is 12.1 Å². The Morgan fingerprint density at radius 3 is 2.58 bits per heavy atom. The first-order valence-electron chi connectivity index (χ1n) is 10.7. The molecule has 3 aliphatic rings. The van der Waals surface area contributed by atoms with Gasteiger partial charge in [-0.3, -0.25) is 4.90 Å². The number of rotatable bonds is 5. The van der Waals surface area contributed by atoms with Crippen molar-refractivity contribution in [3.8, 4) is 17.0 Å². The van der Waals surface area contributed by atoms with E-state index in [-0.39, 0.29) is 5.82 Å². The van der Waals surface area contributed by atoms with Crippen LogP contribution in [0.2, 0.25) is 0 Å². The second kappa shape index (κ2) is 7.67. The largest absolute Gasteiger partial charge is 0.573 e. The van der Waals surface area contributed by atoms with Crippen LogP contribution in [-0.2, 0) is 11.2 Å². The van der Waals surface area contributed by atoms with Crippen LogP contribution in [0.25, 0.3) is 11.3 Å². The van der Waals surface area contributed by atoms with Gasteiger partial charge in [0.25, 0.3) is 0 Å². The number of nitrogens with two attached hydrogens (primary N) is 1. The molecular weight excluding hydrogens is 411 g/mol. The number of hydrogen-bond donors (Lipinski definition) is 1. The summed E-state index contributed by atoms with van der Waals surface area (Å²) in [6.45, 7) is 5.69. The molecule has 0 bridgehead atoms. The zero-order valence-corrected chi connectivity index (χ0v) is 17.3. The predicted octanol–water partition coefficient (Wildman–Crippen LogP) is 3.27. The molecule has 168 valence electrons. The zero-order chi connectivity index (χ0) is 21.8. The monoisotopic (exact) mass is 437 g/mol. The van der Waals surface area contributed by atoms with Crippen LogP contribution in [0.4, 0.5) is 19.0 Å². The number of morpholine rings is 1. The Bertz CT molecular complexity index is 945. The molecule has 2 unspecified atom stereocenters. The highest BCUT2D eigenvalue weighted by Crippen LogP contribution is 2.62.